The lowest BCUT2D eigenvalue weighted by atomic mass is 9.63. The van der Waals surface area contributed by atoms with Gasteiger partial charge in [0.25, 0.3) is 0 Å². The predicted molar refractivity (Wildman–Crippen MR) is 120 cm³/mol. The molecule has 0 unspecified atom stereocenters. The fourth-order valence-electron chi connectivity index (χ4n) is 5.55. The van der Waals surface area contributed by atoms with Crippen LogP contribution in [0.1, 0.15) is 64.9 Å². The Morgan fingerprint density at radius 2 is 1.39 bits per heavy atom. The lowest BCUT2D eigenvalue weighted by Gasteiger charge is -2.49. The molecule has 1 aliphatic heterocycles. The second-order valence-electron chi connectivity index (χ2n) is 10.7. The van der Waals surface area contributed by atoms with Gasteiger partial charge >= 0.3 is 0 Å². The number of hydrogen-bond donors (Lipinski definition) is 1. The summed E-state index contributed by atoms with van der Waals surface area (Å²) in [5.74, 6) is 0.619. The van der Waals surface area contributed by atoms with E-state index < -0.39 is 0 Å². The largest absolute Gasteiger partial charge is 0.497 e. The Morgan fingerprint density at radius 1 is 0.903 bits per heavy atom. The fraction of sp³-hybridized carbons (Fsp3) is 0.538. The van der Waals surface area contributed by atoms with Crippen molar-refractivity contribution in [2.75, 3.05) is 20.3 Å². The maximum Gasteiger partial charge on any atom is 0.162 e. The molecule has 5 nitrogen and oxygen atoms in total. The first kappa shape index (κ1) is 21.8. The summed E-state index contributed by atoms with van der Waals surface area (Å²) in [6.45, 7) is 8.86. The number of aliphatic hydroxyl groups excluding tert-OH is 1. The van der Waals surface area contributed by atoms with Crippen LogP contribution in [0.4, 0.5) is 0 Å². The summed E-state index contributed by atoms with van der Waals surface area (Å²) in [5, 5.41) is 9.86. The zero-order valence-corrected chi connectivity index (χ0v) is 19.2. The molecule has 1 heterocycles. The summed E-state index contributed by atoms with van der Waals surface area (Å²) in [4.78, 5) is 29.1. The number of nitrogens with zero attached hydrogens (tertiary/aromatic N) is 1. The van der Waals surface area contributed by atoms with Crippen LogP contribution in [0.5, 0.6) is 5.75 Å². The van der Waals surface area contributed by atoms with Gasteiger partial charge in [-0.3, -0.25) is 9.59 Å². The number of ether oxygens (including phenoxy) is 1. The lowest BCUT2D eigenvalue weighted by Crippen LogP contribution is -2.45. The van der Waals surface area contributed by atoms with Crippen LogP contribution in [0, 0.1) is 10.8 Å². The van der Waals surface area contributed by atoms with E-state index in [0.29, 0.717) is 19.4 Å². The Morgan fingerprint density at radius 3 is 1.81 bits per heavy atom. The molecular formula is C26H33NO4. The van der Waals surface area contributed by atoms with Crippen molar-refractivity contribution in [2.24, 2.45) is 10.8 Å². The third-order valence-corrected chi connectivity index (χ3v) is 6.79. The summed E-state index contributed by atoms with van der Waals surface area (Å²) in [6.07, 6.45) is 2.44. The standard InChI is InChI=1S/C26H33NO4/c1-25(2)12-18-23(20(29)14-25)22(16-6-8-17(31-5)9-7-16)24-19(27(18)10-11-28)13-26(3,4)15-21(24)30/h6-9,22,28H,10-15H2,1-5H3. The van der Waals surface area contributed by atoms with E-state index >= 15 is 0 Å². The number of aliphatic hydroxyl groups is 1. The van der Waals surface area contributed by atoms with Crippen molar-refractivity contribution in [2.45, 2.75) is 59.3 Å². The van der Waals surface area contributed by atoms with Gasteiger partial charge in [-0.15, -0.1) is 0 Å². The summed E-state index contributed by atoms with van der Waals surface area (Å²) >= 11 is 0. The summed E-state index contributed by atoms with van der Waals surface area (Å²) in [6, 6.07) is 7.73. The van der Waals surface area contributed by atoms with Gasteiger partial charge in [-0.05, 0) is 41.4 Å². The van der Waals surface area contributed by atoms with Gasteiger partial charge < -0.3 is 14.7 Å². The Bertz CT molecular complexity index is 927. The van der Waals surface area contributed by atoms with Gasteiger partial charge in [-0.25, -0.2) is 0 Å². The van der Waals surface area contributed by atoms with Crippen molar-refractivity contribution in [1.29, 1.82) is 0 Å². The average molecular weight is 424 g/mol. The van der Waals surface area contributed by atoms with E-state index in [9.17, 15) is 14.7 Å². The van der Waals surface area contributed by atoms with Crippen molar-refractivity contribution in [3.63, 3.8) is 0 Å². The molecule has 0 fully saturated rings. The summed E-state index contributed by atoms with van der Waals surface area (Å²) in [5.41, 5.74) is 4.10. The number of Topliss-reactive ketones (excluding diaryl/α,β-unsaturated/α-hetero) is 2. The van der Waals surface area contributed by atoms with Crippen LogP contribution < -0.4 is 4.74 Å². The molecule has 0 amide bonds. The first-order valence-electron chi connectivity index (χ1n) is 11.1. The molecule has 31 heavy (non-hydrogen) atoms. The van der Waals surface area contributed by atoms with Crippen molar-refractivity contribution in [3.8, 4) is 5.75 Å². The second-order valence-corrected chi connectivity index (χ2v) is 10.7. The number of rotatable bonds is 4. The predicted octanol–water partition coefficient (Wildman–Crippen LogP) is 4.37. The van der Waals surface area contributed by atoms with E-state index in [1.165, 1.54) is 0 Å². The highest BCUT2D eigenvalue weighted by molar-refractivity contribution is 6.06. The number of benzene rings is 1. The smallest absolute Gasteiger partial charge is 0.162 e. The van der Waals surface area contributed by atoms with Crippen LogP contribution in [-0.2, 0) is 9.59 Å². The number of β-amino-alcohol motifs (C(OH)–C–C–N with tert-alkyl or cyclic N) is 1. The number of allylic oxidation sites excluding steroid dienone is 4. The number of carbonyl (C=O) groups excluding carboxylic acids is 2. The molecule has 3 aliphatic rings. The second kappa shape index (κ2) is 7.63. The van der Waals surface area contributed by atoms with Gasteiger partial charge in [-0.2, -0.15) is 0 Å². The lowest BCUT2D eigenvalue weighted by molar-refractivity contribution is -0.119. The molecule has 1 N–H and O–H groups in total. The van der Waals surface area contributed by atoms with Gasteiger partial charge in [0, 0.05) is 47.8 Å². The Balaban J connectivity index is 1.96. The third kappa shape index (κ3) is 3.84. The number of methoxy groups -OCH3 is 1. The molecule has 0 saturated carbocycles. The van der Waals surface area contributed by atoms with E-state index in [0.717, 1.165) is 46.7 Å². The Labute approximate surface area is 184 Å². The zero-order chi connectivity index (χ0) is 22.6. The fourth-order valence-corrected chi connectivity index (χ4v) is 5.55. The molecule has 166 valence electrons. The van der Waals surface area contributed by atoms with E-state index in [1.54, 1.807) is 7.11 Å². The minimum absolute atomic E-state index is 0.0238. The van der Waals surface area contributed by atoms with Crippen LogP contribution in [0.25, 0.3) is 0 Å². The molecule has 0 radical (unpaired) electrons. The summed E-state index contributed by atoms with van der Waals surface area (Å²) in [7, 11) is 1.63. The van der Waals surface area contributed by atoms with Gasteiger partial charge in [0.05, 0.1) is 13.7 Å². The molecule has 1 aromatic carbocycles. The normalized spacial score (nSPS) is 23.1. The Hall–Kier alpha value is -2.40. The maximum absolute atomic E-state index is 13.5. The highest BCUT2D eigenvalue weighted by Crippen LogP contribution is 2.54. The van der Waals surface area contributed by atoms with Gasteiger partial charge in [0.2, 0.25) is 0 Å². The minimum Gasteiger partial charge on any atom is -0.497 e. The van der Waals surface area contributed by atoms with E-state index in [-0.39, 0.29) is 34.9 Å². The number of ketones is 2. The van der Waals surface area contributed by atoms with E-state index in [1.807, 2.05) is 24.3 Å². The zero-order valence-electron chi connectivity index (χ0n) is 19.2. The molecule has 0 aromatic heterocycles. The molecule has 4 rings (SSSR count). The van der Waals surface area contributed by atoms with E-state index in [2.05, 4.69) is 32.6 Å². The monoisotopic (exact) mass is 423 g/mol. The van der Waals surface area contributed by atoms with Crippen LogP contribution in [0.3, 0.4) is 0 Å². The molecule has 0 bridgehead atoms. The van der Waals surface area contributed by atoms with Crippen LogP contribution in [0.2, 0.25) is 0 Å². The van der Waals surface area contributed by atoms with Crippen LogP contribution in [-0.4, -0.2) is 41.8 Å². The van der Waals surface area contributed by atoms with E-state index in [4.69, 9.17) is 4.74 Å². The third-order valence-electron chi connectivity index (χ3n) is 6.79. The number of carbonyl (C=O) groups is 2. The topological polar surface area (TPSA) is 66.8 Å². The molecule has 0 spiro atoms. The molecular weight excluding hydrogens is 390 g/mol. The first-order chi connectivity index (χ1) is 14.6. The van der Waals surface area contributed by atoms with Crippen molar-refractivity contribution in [1.82, 2.24) is 4.90 Å². The highest BCUT2D eigenvalue weighted by atomic mass is 16.5. The number of hydrogen-bond acceptors (Lipinski definition) is 5. The minimum atomic E-state index is -0.349. The van der Waals surface area contributed by atoms with Crippen molar-refractivity contribution < 1.29 is 19.4 Å². The Kier molecular flexibility index (Phi) is 5.37. The van der Waals surface area contributed by atoms with Gasteiger partial charge in [-0.1, -0.05) is 39.8 Å². The molecule has 5 heteroatoms. The molecule has 0 atom stereocenters. The maximum atomic E-state index is 13.5. The van der Waals surface area contributed by atoms with Crippen LogP contribution >= 0.6 is 0 Å². The van der Waals surface area contributed by atoms with Crippen molar-refractivity contribution >= 4 is 11.6 Å². The van der Waals surface area contributed by atoms with Gasteiger partial charge in [0.15, 0.2) is 11.6 Å². The van der Waals surface area contributed by atoms with Gasteiger partial charge in [0.1, 0.15) is 5.75 Å². The molecule has 0 saturated heterocycles. The SMILES string of the molecule is COc1ccc(C2C3=C(CC(C)(C)CC3=O)N(CCO)C3=C2C(=O)CC(C)(C)C3)cc1. The molecule has 1 aromatic rings. The average Bonchev–Trinajstić information content (AvgIpc) is 2.67. The van der Waals surface area contributed by atoms with Crippen molar-refractivity contribution in [3.05, 3.63) is 52.4 Å². The molecule has 2 aliphatic carbocycles. The van der Waals surface area contributed by atoms with Crippen LogP contribution in [0.15, 0.2) is 46.8 Å². The quantitative estimate of drug-likeness (QED) is 0.779. The summed E-state index contributed by atoms with van der Waals surface area (Å²) < 4.78 is 5.32. The first-order valence-corrected chi connectivity index (χ1v) is 11.1. The highest BCUT2D eigenvalue weighted by Gasteiger charge is 2.48.